The first-order valence-corrected chi connectivity index (χ1v) is 6.15. The number of amides is 1. The molecule has 1 aromatic rings. The lowest BCUT2D eigenvalue weighted by atomic mass is 10.3. The molecule has 9 nitrogen and oxygen atoms in total. The Morgan fingerprint density at radius 2 is 2.20 bits per heavy atom. The zero-order valence-corrected chi connectivity index (χ0v) is 11.7. The standard InChI is InChI=1S/C11H17N5O4/c1-8-10(16(18)19)11(13(2)12-8)15-6-9(17)14(7-15)4-5-20-3/h4-7H2,1-3H3. The highest BCUT2D eigenvalue weighted by Crippen LogP contribution is 2.32. The maximum absolute atomic E-state index is 11.9. The van der Waals surface area contributed by atoms with Crippen LogP contribution in [-0.4, -0.2) is 59.0 Å². The van der Waals surface area contributed by atoms with Crippen LogP contribution in [0.4, 0.5) is 11.5 Å². The van der Waals surface area contributed by atoms with E-state index in [0.29, 0.717) is 31.3 Å². The molecule has 0 aromatic carbocycles. The molecule has 20 heavy (non-hydrogen) atoms. The number of ether oxygens (including phenoxy) is 1. The van der Waals surface area contributed by atoms with Crippen molar-refractivity contribution in [3.8, 4) is 0 Å². The molecule has 0 atom stereocenters. The van der Waals surface area contributed by atoms with Gasteiger partial charge in [0, 0.05) is 20.7 Å². The van der Waals surface area contributed by atoms with Gasteiger partial charge >= 0.3 is 5.69 Å². The first-order chi connectivity index (χ1) is 9.45. The Hall–Kier alpha value is -2.16. The molecule has 1 fully saturated rings. The normalized spacial score (nSPS) is 15.2. The Morgan fingerprint density at radius 3 is 2.80 bits per heavy atom. The highest BCUT2D eigenvalue weighted by atomic mass is 16.6. The van der Waals surface area contributed by atoms with Gasteiger partial charge in [-0.2, -0.15) is 5.10 Å². The number of aryl methyl sites for hydroxylation is 2. The lowest BCUT2D eigenvalue weighted by Gasteiger charge is -2.18. The molecule has 1 amide bonds. The fourth-order valence-corrected chi connectivity index (χ4v) is 2.34. The number of nitrogens with zero attached hydrogens (tertiary/aromatic N) is 5. The third kappa shape index (κ3) is 2.44. The van der Waals surface area contributed by atoms with Crippen molar-refractivity contribution in [2.75, 3.05) is 38.4 Å². The van der Waals surface area contributed by atoms with Crippen LogP contribution < -0.4 is 4.90 Å². The van der Waals surface area contributed by atoms with E-state index in [9.17, 15) is 14.9 Å². The van der Waals surface area contributed by atoms with E-state index in [-0.39, 0.29) is 18.1 Å². The fourth-order valence-electron chi connectivity index (χ4n) is 2.34. The predicted molar refractivity (Wildman–Crippen MR) is 70.4 cm³/mol. The van der Waals surface area contributed by atoms with Gasteiger partial charge in [0.15, 0.2) is 0 Å². The Morgan fingerprint density at radius 1 is 1.50 bits per heavy atom. The fraction of sp³-hybridized carbons (Fsp3) is 0.636. The van der Waals surface area contributed by atoms with Crippen molar-refractivity contribution in [1.82, 2.24) is 14.7 Å². The van der Waals surface area contributed by atoms with Gasteiger partial charge in [-0.25, -0.2) is 4.68 Å². The van der Waals surface area contributed by atoms with E-state index in [4.69, 9.17) is 4.74 Å². The second-order valence-electron chi connectivity index (χ2n) is 4.63. The molecule has 0 bridgehead atoms. The zero-order chi connectivity index (χ0) is 14.9. The van der Waals surface area contributed by atoms with Gasteiger partial charge in [-0.3, -0.25) is 14.9 Å². The summed E-state index contributed by atoms with van der Waals surface area (Å²) in [4.78, 5) is 25.9. The quantitative estimate of drug-likeness (QED) is 0.553. The first kappa shape index (κ1) is 14.3. The largest absolute Gasteiger partial charge is 0.383 e. The topological polar surface area (TPSA) is 93.7 Å². The summed E-state index contributed by atoms with van der Waals surface area (Å²) in [5.74, 6) is 0.288. The average Bonchev–Trinajstić information content (AvgIpc) is 2.86. The van der Waals surface area contributed by atoms with Crippen LogP contribution in [0.3, 0.4) is 0 Å². The average molecular weight is 283 g/mol. The van der Waals surface area contributed by atoms with Gasteiger partial charge in [0.25, 0.3) is 0 Å². The Balaban J connectivity index is 2.25. The number of anilines is 1. The molecule has 2 heterocycles. The third-order valence-corrected chi connectivity index (χ3v) is 3.23. The van der Waals surface area contributed by atoms with E-state index < -0.39 is 4.92 Å². The summed E-state index contributed by atoms with van der Waals surface area (Å²) in [5, 5.41) is 15.2. The molecule has 0 saturated carbocycles. The van der Waals surface area contributed by atoms with Gasteiger partial charge in [-0.15, -0.1) is 0 Å². The van der Waals surface area contributed by atoms with E-state index in [1.54, 1.807) is 30.9 Å². The van der Waals surface area contributed by atoms with Crippen LogP contribution in [0.15, 0.2) is 0 Å². The molecule has 1 aliphatic rings. The van der Waals surface area contributed by atoms with Crippen LogP contribution in [-0.2, 0) is 16.6 Å². The van der Waals surface area contributed by atoms with Gasteiger partial charge in [0.2, 0.25) is 11.7 Å². The van der Waals surface area contributed by atoms with Crippen LogP contribution in [0.5, 0.6) is 0 Å². The van der Waals surface area contributed by atoms with E-state index in [1.165, 1.54) is 4.68 Å². The number of hydrogen-bond donors (Lipinski definition) is 0. The SMILES string of the molecule is COCCN1CN(c2c([N+](=O)[O-])c(C)nn2C)CC1=O. The number of aromatic nitrogens is 2. The summed E-state index contributed by atoms with van der Waals surface area (Å²) in [6.07, 6.45) is 0. The molecule has 2 rings (SSSR count). The van der Waals surface area contributed by atoms with Crippen molar-refractivity contribution in [1.29, 1.82) is 0 Å². The molecular weight excluding hydrogens is 266 g/mol. The van der Waals surface area contributed by atoms with Crippen molar-refractivity contribution in [2.45, 2.75) is 6.92 Å². The van der Waals surface area contributed by atoms with Crippen molar-refractivity contribution in [2.24, 2.45) is 7.05 Å². The lowest BCUT2D eigenvalue weighted by molar-refractivity contribution is -0.384. The molecule has 1 aliphatic heterocycles. The second-order valence-corrected chi connectivity index (χ2v) is 4.63. The highest BCUT2D eigenvalue weighted by Gasteiger charge is 2.35. The Bertz CT molecular complexity index is 541. The predicted octanol–water partition coefficient (Wildman–Crippen LogP) is -0.111. The number of methoxy groups -OCH3 is 1. The monoisotopic (exact) mass is 283 g/mol. The minimum absolute atomic E-state index is 0.0473. The maximum Gasteiger partial charge on any atom is 0.333 e. The molecule has 110 valence electrons. The van der Waals surface area contributed by atoms with Gasteiger partial charge in [0.1, 0.15) is 12.2 Å². The molecule has 0 N–H and O–H groups in total. The van der Waals surface area contributed by atoms with Gasteiger partial charge < -0.3 is 14.5 Å². The number of nitro groups is 1. The van der Waals surface area contributed by atoms with Crippen LogP contribution in [0.2, 0.25) is 0 Å². The smallest absolute Gasteiger partial charge is 0.333 e. The summed E-state index contributed by atoms with van der Waals surface area (Å²) in [6.45, 7) is 2.91. The Labute approximate surface area is 115 Å². The Kier molecular flexibility index (Phi) is 3.89. The van der Waals surface area contributed by atoms with E-state index >= 15 is 0 Å². The van der Waals surface area contributed by atoms with Gasteiger partial charge in [0.05, 0.1) is 18.2 Å². The van der Waals surface area contributed by atoms with Gasteiger partial charge in [-0.05, 0) is 6.92 Å². The minimum Gasteiger partial charge on any atom is -0.383 e. The summed E-state index contributed by atoms with van der Waals surface area (Å²) < 4.78 is 6.39. The van der Waals surface area contributed by atoms with E-state index in [2.05, 4.69) is 5.10 Å². The number of rotatable bonds is 5. The molecule has 1 saturated heterocycles. The van der Waals surface area contributed by atoms with Crippen LogP contribution >= 0.6 is 0 Å². The molecule has 0 radical (unpaired) electrons. The van der Waals surface area contributed by atoms with E-state index in [0.717, 1.165) is 0 Å². The first-order valence-electron chi connectivity index (χ1n) is 6.15. The molecule has 0 aliphatic carbocycles. The van der Waals surface area contributed by atoms with Crippen LogP contribution in [0.25, 0.3) is 0 Å². The van der Waals surface area contributed by atoms with Crippen molar-refractivity contribution >= 4 is 17.4 Å². The van der Waals surface area contributed by atoms with Crippen molar-refractivity contribution in [3.05, 3.63) is 15.8 Å². The molecule has 1 aromatic heterocycles. The summed E-state index contributed by atoms with van der Waals surface area (Å²) >= 11 is 0. The van der Waals surface area contributed by atoms with Crippen LogP contribution in [0.1, 0.15) is 5.69 Å². The highest BCUT2D eigenvalue weighted by molar-refractivity contribution is 5.85. The number of hydrogen-bond acceptors (Lipinski definition) is 6. The maximum atomic E-state index is 11.9. The molecule has 9 heteroatoms. The summed E-state index contributed by atoms with van der Waals surface area (Å²) in [7, 11) is 3.20. The second kappa shape index (κ2) is 5.45. The van der Waals surface area contributed by atoms with Crippen LogP contribution in [0, 0.1) is 17.0 Å². The van der Waals surface area contributed by atoms with Gasteiger partial charge in [-0.1, -0.05) is 0 Å². The summed E-state index contributed by atoms with van der Waals surface area (Å²) in [6, 6.07) is 0. The molecular formula is C11H17N5O4. The zero-order valence-electron chi connectivity index (χ0n) is 11.7. The lowest BCUT2D eigenvalue weighted by Crippen LogP contribution is -2.31. The van der Waals surface area contributed by atoms with E-state index in [1.807, 2.05) is 0 Å². The number of carbonyl (C=O) groups excluding carboxylic acids is 1. The molecule has 0 spiro atoms. The third-order valence-electron chi connectivity index (χ3n) is 3.23. The number of carbonyl (C=O) groups is 1. The molecule has 0 unspecified atom stereocenters. The van der Waals surface area contributed by atoms with Crippen molar-refractivity contribution < 1.29 is 14.5 Å². The van der Waals surface area contributed by atoms with Crippen molar-refractivity contribution in [3.63, 3.8) is 0 Å². The minimum atomic E-state index is -0.458. The summed E-state index contributed by atoms with van der Waals surface area (Å²) in [5.41, 5.74) is 0.296.